The summed E-state index contributed by atoms with van der Waals surface area (Å²) in [6.45, 7) is 6.58. The van der Waals surface area contributed by atoms with Gasteiger partial charge in [0.15, 0.2) is 0 Å². The lowest BCUT2D eigenvalue weighted by Gasteiger charge is -2.00. The van der Waals surface area contributed by atoms with Crippen molar-refractivity contribution in [2.45, 2.75) is 26.7 Å². The number of aryl methyl sites for hydroxylation is 2. The molecule has 1 rings (SSSR count). The fraction of sp³-hybridized carbons (Fsp3) is 0.600. The molecule has 0 aromatic carbocycles. The van der Waals surface area contributed by atoms with Gasteiger partial charge in [-0.1, -0.05) is 6.92 Å². The Morgan fingerprint density at radius 2 is 2.33 bits per heavy atom. The van der Waals surface area contributed by atoms with E-state index >= 15 is 0 Å². The topological polar surface area (TPSA) is 12.0 Å². The Labute approximate surface area is 78.8 Å². The molecule has 0 bridgehead atoms. The zero-order chi connectivity index (χ0) is 8.81. The molecule has 1 aromatic rings. The molecule has 0 aliphatic rings. The number of hydrogen-bond acceptors (Lipinski definition) is 2. The van der Waals surface area contributed by atoms with Gasteiger partial charge in [-0.2, -0.15) is 0 Å². The predicted molar refractivity (Wildman–Crippen MR) is 55.9 cm³/mol. The first kappa shape index (κ1) is 9.75. The third-order valence-corrected chi connectivity index (χ3v) is 3.06. The van der Waals surface area contributed by atoms with Crippen molar-refractivity contribution >= 4 is 11.3 Å². The van der Waals surface area contributed by atoms with E-state index in [0.29, 0.717) is 0 Å². The second kappa shape index (κ2) is 5.33. The summed E-state index contributed by atoms with van der Waals surface area (Å²) < 4.78 is 0. The first-order valence-corrected chi connectivity index (χ1v) is 5.46. The lowest BCUT2D eigenvalue weighted by atomic mass is 10.2. The fourth-order valence-electron chi connectivity index (χ4n) is 1.21. The van der Waals surface area contributed by atoms with Crippen molar-refractivity contribution in [3.05, 3.63) is 21.9 Å². The quantitative estimate of drug-likeness (QED) is 0.692. The van der Waals surface area contributed by atoms with E-state index in [9.17, 15) is 0 Å². The summed E-state index contributed by atoms with van der Waals surface area (Å²) in [6.07, 6.45) is 2.49. The van der Waals surface area contributed by atoms with E-state index in [2.05, 4.69) is 30.6 Å². The zero-order valence-corrected chi connectivity index (χ0v) is 8.71. The van der Waals surface area contributed by atoms with Crippen LogP contribution in [-0.4, -0.2) is 13.1 Å². The lowest BCUT2D eigenvalue weighted by Crippen LogP contribution is -2.14. The Morgan fingerprint density at radius 1 is 1.50 bits per heavy atom. The second-order valence-corrected chi connectivity index (χ2v) is 3.98. The molecule has 0 saturated heterocycles. The van der Waals surface area contributed by atoms with Crippen LogP contribution in [0.4, 0.5) is 0 Å². The van der Waals surface area contributed by atoms with Crippen LogP contribution in [0.15, 0.2) is 11.4 Å². The minimum Gasteiger partial charge on any atom is -0.317 e. The number of thiophene rings is 1. The Balaban J connectivity index is 2.20. The maximum Gasteiger partial charge on any atom is 0.00748 e. The van der Waals surface area contributed by atoms with E-state index in [4.69, 9.17) is 0 Å². The lowest BCUT2D eigenvalue weighted by molar-refractivity contribution is 0.675. The molecule has 0 unspecified atom stereocenters. The normalized spacial score (nSPS) is 10.5. The van der Waals surface area contributed by atoms with E-state index < -0.39 is 0 Å². The van der Waals surface area contributed by atoms with Gasteiger partial charge in [0.25, 0.3) is 0 Å². The highest BCUT2D eigenvalue weighted by molar-refractivity contribution is 7.10. The van der Waals surface area contributed by atoms with Crippen LogP contribution in [0.1, 0.15) is 23.8 Å². The summed E-state index contributed by atoms with van der Waals surface area (Å²) in [7, 11) is 0. The standard InChI is InChI=1S/C10H17NS/c1-3-11-7-4-5-10-9(2)6-8-12-10/h6,8,11H,3-5,7H2,1-2H3. The molecule has 0 aliphatic heterocycles. The summed E-state index contributed by atoms with van der Waals surface area (Å²) in [5.74, 6) is 0. The SMILES string of the molecule is CCNCCCc1sccc1C. The largest absolute Gasteiger partial charge is 0.317 e. The van der Waals surface area contributed by atoms with Crippen molar-refractivity contribution in [1.29, 1.82) is 0 Å². The van der Waals surface area contributed by atoms with Gasteiger partial charge in [-0.05, 0) is 49.9 Å². The molecule has 0 atom stereocenters. The Bertz CT molecular complexity index is 217. The zero-order valence-electron chi connectivity index (χ0n) is 7.89. The van der Waals surface area contributed by atoms with Crippen LogP contribution in [0, 0.1) is 6.92 Å². The molecule has 0 fully saturated rings. The minimum atomic E-state index is 1.09. The van der Waals surface area contributed by atoms with Crippen LogP contribution in [-0.2, 0) is 6.42 Å². The number of rotatable bonds is 5. The summed E-state index contributed by atoms with van der Waals surface area (Å²) in [4.78, 5) is 1.55. The molecule has 12 heavy (non-hydrogen) atoms. The highest BCUT2D eigenvalue weighted by Crippen LogP contribution is 2.16. The molecule has 0 radical (unpaired) electrons. The monoisotopic (exact) mass is 183 g/mol. The second-order valence-electron chi connectivity index (χ2n) is 2.98. The van der Waals surface area contributed by atoms with Gasteiger partial charge in [-0.15, -0.1) is 11.3 Å². The molecule has 1 heterocycles. The van der Waals surface area contributed by atoms with Crippen LogP contribution in [0.3, 0.4) is 0 Å². The molecule has 1 nitrogen and oxygen atoms in total. The van der Waals surface area contributed by atoms with Gasteiger partial charge in [-0.3, -0.25) is 0 Å². The average Bonchev–Trinajstić information content (AvgIpc) is 2.46. The molecular formula is C10H17NS. The van der Waals surface area contributed by atoms with E-state index in [1.807, 2.05) is 11.3 Å². The van der Waals surface area contributed by atoms with E-state index in [0.717, 1.165) is 13.1 Å². The molecule has 0 aliphatic carbocycles. The minimum absolute atomic E-state index is 1.09. The Kier molecular flexibility index (Phi) is 4.33. The maximum atomic E-state index is 3.33. The first-order valence-electron chi connectivity index (χ1n) is 4.58. The summed E-state index contributed by atoms with van der Waals surface area (Å²) in [5.41, 5.74) is 1.46. The van der Waals surface area contributed by atoms with Crippen LogP contribution in [0.5, 0.6) is 0 Å². The first-order chi connectivity index (χ1) is 5.84. The molecule has 0 amide bonds. The van der Waals surface area contributed by atoms with E-state index in [1.54, 1.807) is 4.88 Å². The van der Waals surface area contributed by atoms with Crippen molar-refractivity contribution in [1.82, 2.24) is 5.32 Å². The van der Waals surface area contributed by atoms with Gasteiger partial charge >= 0.3 is 0 Å². The number of hydrogen-bond donors (Lipinski definition) is 1. The van der Waals surface area contributed by atoms with Crippen molar-refractivity contribution < 1.29 is 0 Å². The van der Waals surface area contributed by atoms with Crippen molar-refractivity contribution in [2.24, 2.45) is 0 Å². The molecule has 1 N–H and O–H groups in total. The van der Waals surface area contributed by atoms with E-state index in [-0.39, 0.29) is 0 Å². The van der Waals surface area contributed by atoms with E-state index in [1.165, 1.54) is 18.4 Å². The van der Waals surface area contributed by atoms with Gasteiger partial charge in [0.2, 0.25) is 0 Å². The smallest absolute Gasteiger partial charge is 0.00748 e. The van der Waals surface area contributed by atoms with Gasteiger partial charge in [0.05, 0.1) is 0 Å². The molecular weight excluding hydrogens is 166 g/mol. The van der Waals surface area contributed by atoms with Crippen LogP contribution >= 0.6 is 11.3 Å². The van der Waals surface area contributed by atoms with Gasteiger partial charge < -0.3 is 5.32 Å². The molecule has 0 saturated carbocycles. The summed E-state index contributed by atoms with van der Waals surface area (Å²) in [5, 5.41) is 5.51. The molecule has 1 aromatic heterocycles. The Morgan fingerprint density at radius 3 is 2.92 bits per heavy atom. The third kappa shape index (κ3) is 2.95. The maximum absolute atomic E-state index is 3.33. The van der Waals surface area contributed by atoms with Gasteiger partial charge in [0, 0.05) is 4.88 Å². The molecule has 68 valence electrons. The van der Waals surface area contributed by atoms with Crippen molar-refractivity contribution in [3.63, 3.8) is 0 Å². The predicted octanol–water partition coefficient (Wildman–Crippen LogP) is 2.60. The van der Waals surface area contributed by atoms with Gasteiger partial charge in [-0.25, -0.2) is 0 Å². The van der Waals surface area contributed by atoms with Crippen molar-refractivity contribution in [2.75, 3.05) is 13.1 Å². The fourth-order valence-corrected chi connectivity index (χ4v) is 2.16. The molecule has 0 spiro atoms. The summed E-state index contributed by atoms with van der Waals surface area (Å²) in [6, 6.07) is 2.20. The summed E-state index contributed by atoms with van der Waals surface area (Å²) >= 11 is 1.88. The highest BCUT2D eigenvalue weighted by Gasteiger charge is 1.97. The van der Waals surface area contributed by atoms with Gasteiger partial charge in [0.1, 0.15) is 0 Å². The van der Waals surface area contributed by atoms with Crippen molar-refractivity contribution in [3.8, 4) is 0 Å². The number of nitrogens with one attached hydrogen (secondary N) is 1. The van der Waals surface area contributed by atoms with Crippen LogP contribution < -0.4 is 5.32 Å². The van der Waals surface area contributed by atoms with Crippen LogP contribution in [0.25, 0.3) is 0 Å². The Hall–Kier alpha value is -0.340. The molecule has 2 heteroatoms. The third-order valence-electron chi connectivity index (χ3n) is 1.98. The average molecular weight is 183 g/mol. The highest BCUT2D eigenvalue weighted by atomic mass is 32.1. The van der Waals surface area contributed by atoms with Crippen LogP contribution in [0.2, 0.25) is 0 Å².